The first-order chi connectivity index (χ1) is 16.8. The number of nitrogens with zero attached hydrogens (tertiary/aromatic N) is 1. The van der Waals surface area contributed by atoms with Gasteiger partial charge in [-0.2, -0.15) is 4.31 Å². The van der Waals surface area contributed by atoms with Gasteiger partial charge in [0.15, 0.2) is 0 Å². The molecule has 0 radical (unpaired) electrons. The first-order valence-corrected chi connectivity index (χ1v) is 12.3. The van der Waals surface area contributed by atoms with Crippen LogP contribution in [0.5, 0.6) is 0 Å². The minimum absolute atomic E-state index is 0.164. The largest absolute Gasteiger partial charge is 0.457 e. The topological polar surface area (TPSA) is 103 Å². The minimum atomic E-state index is -3.94. The summed E-state index contributed by atoms with van der Waals surface area (Å²) < 4.78 is 57.4. The van der Waals surface area contributed by atoms with E-state index in [2.05, 4.69) is 0 Å². The predicted molar refractivity (Wildman–Crippen MR) is 125 cm³/mol. The van der Waals surface area contributed by atoms with Crippen molar-refractivity contribution >= 4 is 37.7 Å². The van der Waals surface area contributed by atoms with Crippen LogP contribution in [0.4, 0.5) is 4.39 Å². The Bertz CT molecular complexity index is 1610. The smallest absolute Gasteiger partial charge is 0.341 e. The number of ether oxygens (including phenoxy) is 2. The second-order valence-corrected chi connectivity index (χ2v) is 9.92. The third-order valence-corrected chi connectivity index (χ3v) is 7.73. The summed E-state index contributed by atoms with van der Waals surface area (Å²) in [6.45, 7) is 0.495. The van der Waals surface area contributed by atoms with Gasteiger partial charge in [0.25, 0.3) is 0 Å². The van der Waals surface area contributed by atoms with E-state index in [1.807, 2.05) is 30.3 Å². The molecule has 10 heteroatoms. The SMILES string of the molecule is O=C(OCc1cc(=O)oc2ccc3ccccc3c12)c1cc(S(=O)(=O)N2CCOCC2)ccc1F. The number of hydrogen-bond donors (Lipinski definition) is 0. The fourth-order valence-electron chi connectivity index (χ4n) is 4.11. The van der Waals surface area contributed by atoms with Crippen molar-refractivity contribution in [3.05, 3.63) is 88.0 Å². The number of esters is 1. The lowest BCUT2D eigenvalue weighted by Gasteiger charge is -2.26. The van der Waals surface area contributed by atoms with Crippen LogP contribution in [-0.2, 0) is 26.1 Å². The Hall–Kier alpha value is -3.60. The summed E-state index contributed by atoms with van der Waals surface area (Å²) in [7, 11) is -3.94. The molecule has 1 aliphatic rings. The van der Waals surface area contributed by atoms with E-state index >= 15 is 0 Å². The van der Waals surface area contributed by atoms with E-state index in [0.717, 1.165) is 29.0 Å². The van der Waals surface area contributed by atoms with Crippen LogP contribution in [0.3, 0.4) is 0 Å². The zero-order valence-electron chi connectivity index (χ0n) is 18.4. The molecule has 0 N–H and O–H groups in total. The highest BCUT2D eigenvalue weighted by Crippen LogP contribution is 2.28. The van der Waals surface area contributed by atoms with Gasteiger partial charge in [-0.05, 0) is 35.0 Å². The van der Waals surface area contributed by atoms with Crippen LogP contribution in [0.1, 0.15) is 15.9 Å². The molecule has 0 spiro atoms. The summed E-state index contributed by atoms with van der Waals surface area (Å²) in [5.41, 5.74) is -0.425. The average Bonchev–Trinajstić information content (AvgIpc) is 2.87. The molecule has 0 aliphatic carbocycles. The first kappa shape index (κ1) is 23.2. The summed E-state index contributed by atoms with van der Waals surface area (Å²) in [5.74, 6) is -1.97. The first-order valence-electron chi connectivity index (χ1n) is 10.8. The number of sulfonamides is 1. The van der Waals surface area contributed by atoms with Gasteiger partial charge in [0.1, 0.15) is 18.0 Å². The standard InChI is InChI=1S/C25H20FNO7S/c26-21-7-6-18(35(30,31)27-9-11-32-12-10-27)14-20(21)25(29)33-15-17-13-23(28)34-22-8-5-16-3-1-2-4-19(16)24(17)22/h1-8,13-14H,9-12,15H2. The van der Waals surface area contributed by atoms with Gasteiger partial charge in [-0.3, -0.25) is 0 Å². The average molecular weight is 498 g/mol. The second-order valence-electron chi connectivity index (χ2n) is 7.98. The normalized spacial score (nSPS) is 14.9. The van der Waals surface area contributed by atoms with Crippen LogP contribution in [-0.4, -0.2) is 45.0 Å². The van der Waals surface area contributed by atoms with E-state index in [9.17, 15) is 22.4 Å². The predicted octanol–water partition coefficient (Wildman–Crippen LogP) is 3.46. The van der Waals surface area contributed by atoms with E-state index in [1.165, 1.54) is 10.4 Å². The summed E-state index contributed by atoms with van der Waals surface area (Å²) in [5, 5.41) is 2.29. The van der Waals surface area contributed by atoms with Gasteiger partial charge in [0.05, 0.1) is 23.7 Å². The fourth-order valence-corrected chi connectivity index (χ4v) is 5.55. The maximum absolute atomic E-state index is 14.5. The minimum Gasteiger partial charge on any atom is -0.457 e. The van der Waals surface area contributed by atoms with Crippen molar-refractivity contribution in [1.29, 1.82) is 0 Å². The van der Waals surface area contributed by atoms with E-state index in [0.29, 0.717) is 16.5 Å². The van der Waals surface area contributed by atoms with E-state index in [4.69, 9.17) is 13.9 Å². The third kappa shape index (κ3) is 4.43. The molecule has 8 nitrogen and oxygen atoms in total. The maximum Gasteiger partial charge on any atom is 0.341 e. The Balaban J connectivity index is 1.46. The lowest BCUT2D eigenvalue weighted by molar-refractivity contribution is 0.0468. The molecule has 0 bridgehead atoms. The van der Waals surface area contributed by atoms with Crippen molar-refractivity contribution in [3.8, 4) is 0 Å². The molecule has 1 fully saturated rings. The van der Waals surface area contributed by atoms with Crippen LogP contribution >= 0.6 is 0 Å². The van der Waals surface area contributed by atoms with Gasteiger partial charge in [0.2, 0.25) is 10.0 Å². The molecule has 5 rings (SSSR count). The molecule has 3 aromatic carbocycles. The zero-order valence-corrected chi connectivity index (χ0v) is 19.2. The van der Waals surface area contributed by atoms with Crippen molar-refractivity contribution in [2.75, 3.05) is 26.3 Å². The van der Waals surface area contributed by atoms with Crippen molar-refractivity contribution in [2.45, 2.75) is 11.5 Å². The van der Waals surface area contributed by atoms with Gasteiger partial charge in [0, 0.05) is 30.1 Å². The maximum atomic E-state index is 14.5. The highest BCUT2D eigenvalue weighted by Gasteiger charge is 2.28. The molecule has 1 aliphatic heterocycles. The van der Waals surface area contributed by atoms with Gasteiger partial charge >= 0.3 is 11.6 Å². The zero-order chi connectivity index (χ0) is 24.6. The molecule has 2 heterocycles. The van der Waals surface area contributed by atoms with Crippen molar-refractivity contribution < 1.29 is 31.5 Å². The highest BCUT2D eigenvalue weighted by atomic mass is 32.2. The quantitative estimate of drug-likeness (QED) is 0.236. The Kier molecular flexibility index (Phi) is 6.10. The molecule has 0 amide bonds. The number of morpholine rings is 1. The van der Waals surface area contributed by atoms with E-state index in [1.54, 1.807) is 6.07 Å². The number of halogens is 1. The molecular weight excluding hydrogens is 477 g/mol. The molecule has 0 atom stereocenters. The molecule has 1 aromatic heterocycles. The Morgan fingerprint density at radius 2 is 1.80 bits per heavy atom. The van der Waals surface area contributed by atoms with E-state index < -0.39 is 33.0 Å². The number of carbonyl (C=O) groups is 1. The van der Waals surface area contributed by atoms with Crippen LogP contribution in [0.25, 0.3) is 21.7 Å². The number of fused-ring (bicyclic) bond motifs is 3. The van der Waals surface area contributed by atoms with Gasteiger partial charge in [-0.25, -0.2) is 22.4 Å². The molecule has 35 heavy (non-hydrogen) atoms. The Labute approximate surface area is 199 Å². The van der Waals surface area contributed by atoms with Crippen LogP contribution in [0.15, 0.2) is 74.8 Å². The Morgan fingerprint density at radius 1 is 1.03 bits per heavy atom. The highest BCUT2D eigenvalue weighted by molar-refractivity contribution is 7.89. The van der Waals surface area contributed by atoms with Crippen LogP contribution in [0.2, 0.25) is 0 Å². The molecule has 4 aromatic rings. The molecule has 1 saturated heterocycles. The van der Waals surface area contributed by atoms with Gasteiger partial charge in [-0.1, -0.05) is 30.3 Å². The van der Waals surface area contributed by atoms with Crippen molar-refractivity contribution in [1.82, 2.24) is 4.31 Å². The number of carbonyl (C=O) groups excluding carboxylic acids is 1. The van der Waals surface area contributed by atoms with Crippen molar-refractivity contribution in [3.63, 3.8) is 0 Å². The summed E-state index contributed by atoms with van der Waals surface area (Å²) in [6.07, 6.45) is 0. The van der Waals surface area contributed by atoms with Crippen LogP contribution in [0, 0.1) is 5.82 Å². The molecule has 0 unspecified atom stereocenters. The Morgan fingerprint density at radius 3 is 2.60 bits per heavy atom. The second kappa shape index (κ2) is 9.21. The summed E-state index contributed by atoms with van der Waals surface area (Å²) in [4.78, 5) is 24.6. The summed E-state index contributed by atoms with van der Waals surface area (Å²) >= 11 is 0. The molecular formula is C25H20FNO7S. The lowest BCUT2D eigenvalue weighted by Crippen LogP contribution is -2.40. The molecule has 180 valence electrons. The number of rotatable bonds is 5. The van der Waals surface area contributed by atoms with Crippen molar-refractivity contribution in [2.24, 2.45) is 0 Å². The van der Waals surface area contributed by atoms with E-state index in [-0.39, 0.29) is 37.8 Å². The van der Waals surface area contributed by atoms with Gasteiger partial charge < -0.3 is 13.9 Å². The number of hydrogen-bond acceptors (Lipinski definition) is 7. The number of benzene rings is 3. The lowest BCUT2D eigenvalue weighted by atomic mass is 10.0. The molecule has 0 saturated carbocycles. The fraction of sp³-hybridized carbons (Fsp3) is 0.200. The third-order valence-electron chi connectivity index (χ3n) is 5.84. The van der Waals surface area contributed by atoms with Crippen LogP contribution < -0.4 is 5.63 Å². The monoisotopic (exact) mass is 497 g/mol. The summed E-state index contributed by atoms with van der Waals surface area (Å²) in [6, 6.07) is 15.1. The van der Waals surface area contributed by atoms with Gasteiger partial charge in [-0.15, -0.1) is 0 Å².